The van der Waals surface area contributed by atoms with E-state index in [1.807, 2.05) is 55.5 Å². The number of nitrogens with zero attached hydrogens (tertiary/aromatic N) is 1. The molecular weight excluding hydrogens is 422 g/mol. The van der Waals surface area contributed by atoms with Gasteiger partial charge in [0.05, 0.1) is 11.4 Å². The zero-order valence-electron chi connectivity index (χ0n) is 17.5. The van der Waals surface area contributed by atoms with E-state index in [9.17, 15) is 14.4 Å². The fourth-order valence-electron chi connectivity index (χ4n) is 3.21. The van der Waals surface area contributed by atoms with E-state index in [2.05, 4.69) is 0 Å². The number of aryl methyl sites for hydroxylation is 1. The van der Waals surface area contributed by atoms with E-state index in [0.29, 0.717) is 23.5 Å². The molecule has 1 fully saturated rings. The van der Waals surface area contributed by atoms with Gasteiger partial charge in [0.25, 0.3) is 11.1 Å². The summed E-state index contributed by atoms with van der Waals surface area (Å²) in [6.45, 7) is 2.14. The Morgan fingerprint density at radius 3 is 2.38 bits per heavy atom. The second-order valence-electron chi connectivity index (χ2n) is 7.37. The maximum absolute atomic E-state index is 12.8. The molecule has 1 saturated heterocycles. The lowest BCUT2D eigenvalue weighted by atomic mass is 10.1. The molecule has 0 saturated carbocycles. The average Bonchev–Trinajstić information content (AvgIpc) is 3.07. The van der Waals surface area contributed by atoms with Crippen LogP contribution in [-0.2, 0) is 11.4 Å². The zero-order chi connectivity index (χ0) is 22.5. The molecule has 0 unspecified atom stereocenters. The third kappa shape index (κ3) is 4.98. The van der Waals surface area contributed by atoms with Gasteiger partial charge in [-0.2, -0.15) is 0 Å². The quantitative estimate of drug-likeness (QED) is 0.357. The molecule has 6 heteroatoms. The molecule has 32 heavy (non-hydrogen) atoms. The van der Waals surface area contributed by atoms with Crippen LogP contribution in [0.5, 0.6) is 5.75 Å². The Morgan fingerprint density at radius 1 is 0.938 bits per heavy atom. The third-order valence-corrected chi connectivity index (χ3v) is 5.90. The molecule has 3 aromatic rings. The number of ketones is 1. The Labute approximate surface area is 190 Å². The number of thioether (sulfide) groups is 1. The number of amides is 2. The summed E-state index contributed by atoms with van der Waals surface area (Å²) in [5.74, 6) is -0.145. The lowest BCUT2D eigenvalue weighted by Crippen LogP contribution is -2.33. The minimum atomic E-state index is -0.474. The number of ether oxygens (including phenoxy) is 1. The van der Waals surface area contributed by atoms with E-state index in [1.165, 1.54) is 5.56 Å². The number of rotatable bonds is 7. The van der Waals surface area contributed by atoms with Crippen molar-refractivity contribution in [2.45, 2.75) is 13.5 Å². The summed E-state index contributed by atoms with van der Waals surface area (Å²) in [6.07, 6.45) is 1.64. The first-order valence-corrected chi connectivity index (χ1v) is 10.9. The molecule has 0 spiro atoms. The molecule has 0 N–H and O–H groups in total. The van der Waals surface area contributed by atoms with Crippen molar-refractivity contribution < 1.29 is 19.1 Å². The number of hydrogen-bond donors (Lipinski definition) is 0. The van der Waals surface area contributed by atoms with Crippen molar-refractivity contribution in [1.82, 2.24) is 4.90 Å². The first kappa shape index (κ1) is 21.6. The van der Waals surface area contributed by atoms with Gasteiger partial charge in [0.1, 0.15) is 12.4 Å². The molecular formula is C26H21NO4S. The van der Waals surface area contributed by atoms with Gasteiger partial charge in [0, 0.05) is 11.1 Å². The Morgan fingerprint density at radius 2 is 1.62 bits per heavy atom. The fourth-order valence-corrected chi connectivity index (χ4v) is 4.04. The second kappa shape index (κ2) is 9.66. The second-order valence-corrected chi connectivity index (χ2v) is 8.36. The molecule has 4 rings (SSSR count). The molecule has 2 amide bonds. The van der Waals surface area contributed by atoms with E-state index in [4.69, 9.17) is 4.74 Å². The number of hydrogen-bond acceptors (Lipinski definition) is 5. The maximum atomic E-state index is 12.8. The van der Waals surface area contributed by atoms with Gasteiger partial charge in [-0.05, 0) is 36.4 Å². The molecule has 0 radical (unpaired) electrons. The molecule has 160 valence electrons. The van der Waals surface area contributed by atoms with Gasteiger partial charge in [-0.15, -0.1) is 0 Å². The van der Waals surface area contributed by atoms with Crippen molar-refractivity contribution in [3.05, 3.63) is 106 Å². The molecule has 0 atom stereocenters. The summed E-state index contributed by atoms with van der Waals surface area (Å²) in [5.41, 5.74) is 3.37. The van der Waals surface area contributed by atoms with Gasteiger partial charge in [-0.1, -0.05) is 78.4 Å². The van der Waals surface area contributed by atoms with Crippen LogP contribution in [0, 0.1) is 6.92 Å². The lowest BCUT2D eigenvalue weighted by Gasteiger charge is -2.11. The van der Waals surface area contributed by atoms with Gasteiger partial charge in [-0.25, -0.2) is 0 Å². The van der Waals surface area contributed by atoms with Crippen molar-refractivity contribution in [2.75, 3.05) is 6.54 Å². The molecule has 1 heterocycles. The Kier molecular flexibility index (Phi) is 6.52. The lowest BCUT2D eigenvalue weighted by molar-refractivity contribution is -0.122. The number of Topliss-reactive ketones (excluding diaryl/α,β-unsaturated/α-hetero) is 1. The number of benzene rings is 3. The first-order chi connectivity index (χ1) is 15.5. The minimum absolute atomic E-state index is 0.266. The first-order valence-electron chi connectivity index (χ1n) is 10.1. The molecule has 1 aliphatic heterocycles. The molecule has 1 aliphatic rings. The molecule has 0 aliphatic carbocycles. The van der Waals surface area contributed by atoms with Crippen LogP contribution < -0.4 is 4.74 Å². The topological polar surface area (TPSA) is 63.7 Å². The van der Waals surface area contributed by atoms with Crippen LogP contribution in [0.15, 0.2) is 83.8 Å². The van der Waals surface area contributed by atoms with E-state index in [1.54, 1.807) is 36.4 Å². The fraction of sp³-hybridized carbons (Fsp3) is 0.115. The zero-order valence-corrected chi connectivity index (χ0v) is 18.3. The molecule has 0 bridgehead atoms. The Bertz CT molecular complexity index is 1190. The SMILES string of the molecule is Cc1ccc(COc2ccccc2C=C2SC(=O)N(CC(=O)c3ccccc3)C2=O)cc1. The highest BCUT2D eigenvalue weighted by Crippen LogP contribution is 2.34. The van der Waals surface area contributed by atoms with Gasteiger partial charge >= 0.3 is 0 Å². The minimum Gasteiger partial charge on any atom is -0.488 e. The van der Waals surface area contributed by atoms with Gasteiger partial charge < -0.3 is 4.74 Å². The summed E-state index contributed by atoms with van der Waals surface area (Å²) < 4.78 is 5.97. The standard InChI is InChI=1S/C26H21NO4S/c1-18-11-13-19(14-12-18)17-31-23-10-6-5-9-21(23)15-24-25(29)27(26(30)32-24)16-22(28)20-7-3-2-4-8-20/h2-15H,16-17H2,1H3. The molecule has 0 aromatic heterocycles. The van der Waals surface area contributed by atoms with Crippen LogP contribution in [0.2, 0.25) is 0 Å². The summed E-state index contributed by atoms with van der Waals surface area (Å²) in [6, 6.07) is 24.0. The Balaban J connectivity index is 1.49. The largest absolute Gasteiger partial charge is 0.488 e. The van der Waals surface area contributed by atoms with Crippen LogP contribution >= 0.6 is 11.8 Å². The monoisotopic (exact) mass is 443 g/mol. The van der Waals surface area contributed by atoms with Crippen LogP contribution in [-0.4, -0.2) is 28.4 Å². The third-order valence-electron chi connectivity index (χ3n) is 4.99. The normalized spacial score (nSPS) is 14.8. The van der Waals surface area contributed by atoms with Crippen molar-refractivity contribution in [1.29, 1.82) is 0 Å². The summed E-state index contributed by atoms with van der Waals surface area (Å²) in [4.78, 5) is 39.0. The van der Waals surface area contributed by atoms with Gasteiger partial charge in [0.15, 0.2) is 5.78 Å². The highest BCUT2D eigenvalue weighted by Gasteiger charge is 2.36. The van der Waals surface area contributed by atoms with Crippen molar-refractivity contribution >= 4 is 34.8 Å². The van der Waals surface area contributed by atoms with Gasteiger partial charge in [-0.3, -0.25) is 19.3 Å². The predicted molar refractivity (Wildman–Crippen MR) is 125 cm³/mol. The Hall–Kier alpha value is -3.64. The van der Waals surface area contributed by atoms with Crippen LogP contribution in [0.3, 0.4) is 0 Å². The summed E-state index contributed by atoms with van der Waals surface area (Å²) in [7, 11) is 0. The summed E-state index contributed by atoms with van der Waals surface area (Å²) >= 11 is 0.829. The van der Waals surface area contributed by atoms with Crippen LogP contribution in [0.1, 0.15) is 27.0 Å². The van der Waals surface area contributed by atoms with Crippen molar-refractivity contribution in [3.63, 3.8) is 0 Å². The smallest absolute Gasteiger partial charge is 0.293 e. The van der Waals surface area contributed by atoms with E-state index < -0.39 is 11.1 Å². The number of para-hydroxylation sites is 1. The molecule has 5 nitrogen and oxygen atoms in total. The van der Waals surface area contributed by atoms with Gasteiger partial charge in [0.2, 0.25) is 0 Å². The number of carbonyl (C=O) groups excluding carboxylic acids is 3. The van der Waals surface area contributed by atoms with E-state index in [-0.39, 0.29) is 17.2 Å². The number of imide groups is 1. The maximum Gasteiger partial charge on any atom is 0.293 e. The highest BCUT2D eigenvalue weighted by atomic mass is 32.2. The van der Waals surface area contributed by atoms with Crippen molar-refractivity contribution in [2.24, 2.45) is 0 Å². The van der Waals surface area contributed by atoms with Crippen LogP contribution in [0.4, 0.5) is 4.79 Å². The molecule has 3 aromatic carbocycles. The highest BCUT2D eigenvalue weighted by molar-refractivity contribution is 8.18. The summed E-state index contributed by atoms with van der Waals surface area (Å²) in [5, 5.41) is -0.455. The number of carbonyl (C=O) groups is 3. The van der Waals surface area contributed by atoms with E-state index >= 15 is 0 Å². The van der Waals surface area contributed by atoms with Crippen LogP contribution in [0.25, 0.3) is 6.08 Å². The van der Waals surface area contributed by atoms with Crippen molar-refractivity contribution in [3.8, 4) is 5.75 Å². The van der Waals surface area contributed by atoms with E-state index in [0.717, 1.165) is 22.2 Å². The average molecular weight is 444 g/mol. The predicted octanol–water partition coefficient (Wildman–Crippen LogP) is 5.49.